The minimum absolute atomic E-state index is 0.175. The first-order chi connectivity index (χ1) is 15.9. The van der Waals surface area contributed by atoms with Gasteiger partial charge in [0.1, 0.15) is 11.0 Å². The Morgan fingerprint density at radius 1 is 0.485 bits per heavy atom. The molecule has 1 aromatic heterocycles. The number of rotatable bonds is 5. The molecule has 33 heavy (non-hydrogen) atoms. The molecule has 5 aromatic rings. The highest BCUT2D eigenvalue weighted by molar-refractivity contribution is 5.73. The van der Waals surface area contributed by atoms with Gasteiger partial charge < -0.3 is 0 Å². The van der Waals surface area contributed by atoms with Crippen LogP contribution in [0.2, 0.25) is 0 Å². The van der Waals surface area contributed by atoms with Crippen LogP contribution in [0.25, 0.3) is 16.7 Å². The van der Waals surface area contributed by atoms with Gasteiger partial charge in [-0.1, -0.05) is 107 Å². The highest BCUT2D eigenvalue weighted by atomic mass is 15.5. The van der Waals surface area contributed by atoms with Crippen LogP contribution >= 0.6 is 0 Å². The SMILES string of the molecule is CC(C)(c1ccccc1)c1cc(-n2nc3ccccc3n2)cc(C(C)(C)c2ccccc2)c1. The standard InChI is InChI=1S/C30H29N3/c1-29(2,22-13-7-5-8-14-22)24-19-25(30(3,4)23-15-9-6-10-16-23)21-26(20-24)33-31-27-17-11-12-18-28(27)32-33/h5-21H,1-4H3. The van der Waals surface area contributed by atoms with Gasteiger partial charge in [-0.05, 0) is 46.5 Å². The number of hydrogen-bond acceptors (Lipinski definition) is 2. The minimum Gasteiger partial charge on any atom is -0.150 e. The molecule has 3 nitrogen and oxygen atoms in total. The monoisotopic (exact) mass is 431 g/mol. The van der Waals surface area contributed by atoms with E-state index in [2.05, 4.69) is 107 Å². The molecule has 0 aliphatic carbocycles. The van der Waals surface area contributed by atoms with Crippen molar-refractivity contribution >= 4 is 11.0 Å². The Morgan fingerprint density at radius 2 is 0.879 bits per heavy atom. The highest BCUT2D eigenvalue weighted by Crippen LogP contribution is 2.38. The topological polar surface area (TPSA) is 30.7 Å². The van der Waals surface area contributed by atoms with E-state index in [0.29, 0.717) is 0 Å². The fourth-order valence-corrected chi connectivity index (χ4v) is 4.47. The molecule has 0 aliphatic heterocycles. The number of hydrogen-bond donors (Lipinski definition) is 0. The first-order valence-corrected chi connectivity index (χ1v) is 11.5. The average Bonchev–Trinajstić information content (AvgIpc) is 3.29. The number of benzene rings is 4. The summed E-state index contributed by atoms with van der Waals surface area (Å²) in [5.74, 6) is 0. The lowest BCUT2D eigenvalue weighted by Crippen LogP contribution is -2.24. The fraction of sp³-hybridized carbons (Fsp3) is 0.200. The third-order valence-corrected chi connectivity index (χ3v) is 6.87. The lowest BCUT2D eigenvalue weighted by molar-refractivity contribution is 0.613. The Hall–Kier alpha value is -3.72. The quantitative estimate of drug-likeness (QED) is 0.298. The van der Waals surface area contributed by atoms with Crippen molar-refractivity contribution < 1.29 is 0 Å². The summed E-state index contributed by atoms with van der Waals surface area (Å²) in [6.45, 7) is 9.14. The van der Waals surface area contributed by atoms with Gasteiger partial charge in [-0.3, -0.25) is 0 Å². The lowest BCUT2D eigenvalue weighted by Gasteiger charge is -2.31. The third-order valence-electron chi connectivity index (χ3n) is 6.87. The van der Waals surface area contributed by atoms with Crippen molar-refractivity contribution in [2.45, 2.75) is 38.5 Å². The first kappa shape index (κ1) is 21.1. The van der Waals surface area contributed by atoms with Gasteiger partial charge in [-0.15, -0.1) is 10.2 Å². The smallest absolute Gasteiger partial charge is 0.113 e. The summed E-state index contributed by atoms with van der Waals surface area (Å²) in [5, 5.41) is 9.56. The predicted octanol–water partition coefficient (Wildman–Crippen LogP) is 7.07. The summed E-state index contributed by atoms with van der Waals surface area (Å²) in [7, 11) is 0. The van der Waals surface area contributed by atoms with Gasteiger partial charge in [0.15, 0.2) is 0 Å². The van der Waals surface area contributed by atoms with Crippen molar-refractivity contribution in [3.8, 4) is 5.69 Å². The summed E-state index contributed by atoms with van der Waals surface area (Å²) >= 11 is 0. The predicted molar refractivity (Wildman–Crippen MR) is 136 cm³/mol. The van der Waals surface area contributed by atoms with Crippen LogP contribution in [0.15, 0.2) is 103 Å². The molecule has 0 bridgehead atoms. The normalized spacial score (nSPS) is 12.2. The van der Waals surface area contributed by atoms with E-state index in [1.807, 2.05) is 24.3 Å². The molecule has 0 unspecified atom stereocenters. The van der Waals surface area contributed by atoms with Gasteiger partial charge in [0.25, 0.3) is 0 Å². The van der Waals surface area contributed by atoms with Crippen molar-refractivity contribution in [1.29, 1.82) is 0 Å². The molecular weight excluding hydrogens is 402 g/mol. The number of nitrogens with zero attached hydrogens (tertiary/aromatic N) is 3. The number of aromatic nitrogens is 3. The molecule has 0 radical (unpaired) electrons. The van der Waals surface area contributed by atoms with Crippen molar-refractivity contribution in [2.75, 3.05) is 0 Å². The second-order valence-electron chi connectivity index (χ2n) is 9.73. The molecule has 0 saturated carbocycles. The van der Waals surface area contributed by atoms with E-state index in [-0.39, 0.29) is 10.8 Å². The highest BCUT2D eigenvalue weighted by Gasteiger charge is 2.29. The lowest BCUT2D eigenvalue weighted by atomic mass is 9.73. The summed E-state index contributed by atoms with van der Waals surface area (Å²) in [4.78, 5) is 1.78. The van der Waals surface area contributed by atoms with Crippen LogP contribution in [-0.2, 0) is 10.8 Å². The molecule has 1 heterocycles. The minimum atomic E-state index is -0.175. The molecule has 0 spiro atoms. The van der Waals surface area contributed by atoms with E-state index in [4.69, 9.17) is 10.2 Å². The van der Waals surface area contributed by atoms with Crippen molar-refractivity contribution in [1.82, 2.24) is 15.0 Å². The zero-order valence-electron chi connectivity index (χ0n) is 19.7. The van der Waals surface area contributed by atoms with Crippen molar-refractivity contribution in [3.05, 3.63) is 125 Å². The second kappa shape index (κ2) is 8.00. The molecule has 0 atom stereocenters. The Morgan fingerprint density at radius 3 is 1.30 bits per heavy atom. The average molecular weight is 432 g/mol. The van der Waals surface area contributed by atoms with E-state index >= 15 is 0 Å². The van der Waals surface area contributed by atoms with E-state index in [1.54, 1.807) is 4.80 Å². The molecule has 164 valence electrons. The summed E-state index contributed by atoms with van der Waals surface area (Å²) in [6.07, 6.45) is 0. The third kappa shape index (κ3) is 3.84. The Kier molecular flexibility index (Phi) is 5.13. The molecule has 0 amide bonds. The van der Waals surface area contributed by atoms with E-state index in [0.717, 1.165) is 16.7 Å². The van der Waals surface area contributed by atoms with Gasteiger partial charge in [0, 0.05) is 10.8 Å². The van der Waals surface area contributed by atoms with E-state index in [9.17, 15) is 0 Å². The van der Waals surface area contributed by atoms with Crippen LogP contribution in [0.5, 0.6) is 0 Å². The largest absolute Gasteiger partial charge is 0.150 e. The van der Waals surface area contributed by atoms with Gasteiger partial charge >= 0.3 is 0 Å². The van der Waals surface area contributed by atoms with Gasteiger partial charge in [-0.2, -0.15) is 4.80 Å². The van der Waals surface area contributed by atoms with Crippen molar-refractivity contribution in [3.63, 3.8) is 0 Å². The molecule has 0 aliphatic rings. The maximum absolute atomic E-state index is 4.78. The van der Waals surface area contributed by atoms with Gasteiger partial charge in [0.2, 0.25) is 0 Å². The summed E-state index contributed by atoms with van der Waals surface area (Å²) in [6, 6.07) is 36.2. The van der Waals surface area contributed by atoms with Crippen LogP contribution in [0.4, 0.5) is 0 Å². The molecule has 0 N–H and O–H groups in total. The van der Waals surface area contributed by atoms with Crippen LogP contribution in [-0.4, -0.2) is 15.0 Å². The number of fused-ring (bicyclic) bond motifs is 1. The van der Waals surface area contributed by atoms with Gasteiger partial charge in [0.05, 0.1) is 5.69 Å². The summed E-state index contributed by atoms with van der Waals surface area (Å²) in [5.41, 5.74) is 7.47. The van der Waals surface area contributed by atoms with Crippen LogP contribution < -0.4 is 0 Å². The molecule has 3 heteroatoms. The zero-order chi connectivity index (χ0) is 23.1. The second-order valence-corrected chi connectivity index (χ2v) is 9.73. The molecule has 0 saturated heterocycles. The molecule has 0 fully saturated rings. The van der Waals surface area contributed by atoms with Crippen LogP contribution in [0.3, 0.4) is 0 Å². The van der Waals surface area contributed by atoms with E-state index in [1.165, 1.54) is 22.3 Å². The Labute approximate surface area is 195 Å². The molecule has 4 aromatic carbocycles. The first-order valence-electron chi connectivity index (χ1n) is 11.5. The van der Waals surface area contributed by atoms with Gasteiger partial charge in [-0.25, -0.2) is 0 Å². The Balaban J connectivity index is 1.72. The van der Waals surface area contributed by atoms with Crippen LogP contribution in [0, 0.1) is 0 Å². The van der Waals surface area contributed by atoms with E-state index < -0.39 is 0 Å². The van der Waals surface area contributed by atoms with Crippen molar-refractivity contribution in [2.24, 2.45) is 0 Å². The fourth-order valence-electron chi connectivity index (χ4n) is 4.47. The molecule has 5 rings (SSSR count). The summed E-state index contributed by atoms with van der Waals surface area (Å²) < 4.78 is 0. The molecular formula is C30H29N3. The zero-order valence-corrected chi connectivity index (χ0v) is 19.7. The Bertz CT molecular complexity index is 1290. The maximum Gasteiger partial charge on any atom is 0.113 e. The maximum atomic E-state index is 4.78. The van der Waals surface area contributed by atoms with Crippen LogP contribution in [0.1, 0.15) is 49.9 Å².